The summed E-state index contributed by atoms with van der Waals surface area (Å²) >= 11 is 0. The van der Waals surface area contributed by atoms with Crippen LogP contribution in [0.25, 0.3) is 0 Å². The first kappa shape index (κ1) is 15.8. The zero-order valence-corrected chi connectivity index (χ0v) is 13.7. The highest BCUT2D eigenvalue weighted by Gasteiger charge is 2.33. The molecule has 4 atom stereocenters. The van der Waals surface area contributed by atoms with Gasteiger partial charge in [-0.15, -0.1) is 0 Å². The summed E-state index contributed by atoms with van der Waals surface area (Å²) in [6, 6.07) is 0.779. The Morgan fingerprint density at radius 1 is 0.714 bits per heavy atom. The molecule has 0 heterocycles. The maximum absolute atomic E-state index is 9.50. The molecule has 0 aromatic rings. The van der Waals surface area contributed by atoms with Gasteiger partial charge < -0.3 is 10.4 Å². The number of hydrogen-bond acceptors (Lipinski definition) is 2. The lowest BCUT2D eigenvalue weighted by molar-refractivity contribution is 0.138. The van der Waals surface area contributed by atoms with Crippen molar-refractivity contribution >= 4 is 0 Å². The Hall–Kier alpha value is -0.0800. The van der Waals surface area contributed by atoms with Crippen LogP contribution in [0.4, 0.5) is 0 Å². The fraction of sp³-hybridized carbons (Fsp3) is 1.00. The highest BCUT2D eigenvalue weighted by Crippen LogP contribution is 2.39. The Labute approximate surface area is 131 Å². The summed E-state index contributed by atoms with van der Waals surface area (Å²) < 4.78 is 0. The predicted molar refractivity (Wildman–Crippen MR) is 88.2 cm³/mol. The van der Waals surface area contributed by atoms with E-state index in [1.165, 1.54) is 83.6 Å². The SMILES string of the molecule is OCC1CCCC1CNC1CCCCC1C1CCCCC1. The van der Waals surface area contributed by atoms with Crippen LogP contribution in [-0.4, -0.2) is 24.3 Å². The largest absolute Gasteiger partial charge is 0.396 e. The van der Waals surface area contributed by atoms with Crippen molar-refractivity contribution in [1.29, 1.82) is 0 Å². The second-order valence-electron chi connectivity index (χ2n) is 7.99. The Balaban J connectivity index is 1.51. The van der Waals surface area contributed by atoms with E-state index in [0.29, 0.717) is 12.5 Å². The third-order valence-electron chi connectivity index (χ3n) is 6.77. The summed E-state index contributed by atoms with van der Waals surface area (Å²) in [5.74, 6) is 3.28. The molecule has 2 N–H and O–H groups in total. The first-order chi connectivity index (χ1) is 10.4. The third-order valence-corrected chi connectivity index (χ3v) is 6.77. The number of nitrogens with one attached hydrogen (secondary N) is 1. The van der Waals surface area contributed by atoms with Crippen LogP contribution < -0.4 is 5.32 Å². The minimum absolute atomic E-state index is 0.406. The molecule has 3 saturated carbocycles. The van der Waals surface area contributed by atoms with Gasteiger partial charge in [-0.3, -0.25) is 0 Å². The number of aliphatic hydroxyl groups excluding tert-OH is 1. The van der Waals surface area contributed by atoms with Gasteiger partial charge in [-0.25, -0.2) is 0 Å². The fourth-order valence-electron chi connectivity index (χ4n) is 5.47. The molecule has 0 aromatic carbocycles. The fourth-order valence-corrected chi connectivity index (χ4v) is 5.47. The van der Waals surface area contributed by atoms with E-state index in [0.717, 1.165) is 23.8 Å². The molecular formula is C19H35NO. The maximum Gasteiger partial charge on any atom is 0.0462 e. The van der Waals surface area contributed by atoms with Crippen molar-refractivity contribution in [1.82, 2.24) is 5.32 Å². The van der Waals surface area contributed by atoms with E-state index in [2.05, 4.69) is 5.32 Å². The monoisotopic (exact) mass is 293 g/mol. The van der Waals surface area contributed by atoms with Gasteiger partial charge in [0.25, 0.3) is 0 Å². The molecule has 3 rings (SSSR count). The van der Waals surface area contributed by atoms with Crippen LogP contribution in [0.3, 0.4) is 0 Å². The Bertz CT molecular complexity index is 300. The lowest BCUT2D eigenvalue weighted by Crippen LogP contribution is -2.44. The van der Waals surface area contributed by atoms with Crippen LogP contribution in [0.5, 0.6) is 0 Å². The van der Waals surface area contributed by atoms with E-state index in [4.69, 9.17) is 0 Å². The molecule has 0 bridgehead atoms. The average molecular weight is 293 g/mol. The van der Waals surface area contributed by atoms with Gasteiger partial charge >= 0.3 is 0 Å². The summed E-state index contributed by atoms with van der Waals surface area (Å²) in [6.45, 7) is 1.57. The van der Waals surface area contributed by atoms with Gasteiger partial charge in [0, 0.05) is 12.6 Å². The summed E-state index contributed by atoms with van der Waals surface area (Å²) in [5.41, 5.74) is 0. The first-order valence-corrected chi connectivity index (χ1v) is 9.72. The molecule has 0 aromatic heterocycles. The van der Waals surface area contributed by atoms with Gasteiger partial charge in [-0.05, 0) is 55.9 Å². The summed E-state index contributed by atoms with van der Waals surface area (Å²) in [4.78, 5) is 0. The van der Waals surface area contributed by atoms with Crippen molar-refractivity contribution in [2.45, 2.75) is 83.1 Å². The van der Waals surface area contributed by atoms with Gasteiger partial charge in [-0.2, -0.15) is 0 Å². The molecule has 0 radical (unpaired) electrons. The summed E-state index contributed by atoms with van der Waals surface area (Å²) in [6.07, 6.45) is 17.1. The van der Waals surface area contributed by atoms with Crippen molar-refractivity contribution in [2.24, 2.45) is 23.7 Å². The summed E-state index contributed by atoms with van der Waals surface area (Å²) in [5, 5.41) is 13.5. The molecule has 2 heteroatoms. The summed E-state index contributed by atoms with van der Waals surface area (Å²) in [7, 11) is 0. The maximum atomic E-state index is 9.50. The highest BCUT2D eigenvalue weighted by atomic mass is 16.3. The zero-order valence-electron chi connectivity index (χ0n) is 13.7. The van der Waals surface area contributed by atoms with Gasteiger partial charge in [0.15, 0.2) is 0 Å². The van der Waals surface area contributed by atoms with Crippen LogP contribution in [0.2, 0.25) is 0 Å². The van der Waals surface area contributed by atoms with Crippen LogP contribution in [0, 0.1) is 23.7 Å². The van der Waals surface area contributed by atoms with E-state index in [9.17, 15) is 5.11 Å². The van der Waals surface area contributed by atoms with Gasteiger partial charge in [0.2, 0.25) is 0 Å². The van der Waals surface area contributed by atoms with E-state index in [1.807, 2.05) is 0 Å². The lowest BCUT2D eigenvalue weighted by atomic mass is 9.71. The molecule has 122 valence electrons. The minimum atomic E-state index is 0.406. The third kappa shape index (κ3) is 4.01. The van der Waals surface area contributed by atoms with Crippen LogP contribution in [-0.2, 0) is 0 Å². The molecular weight excluding hydrogens is 258 g/mol. The van der Waals surface area contributed by atoms with Gasteiger partial charge in [0.1, 0.15) is 0 Å². The quantitative estimate of drug-likeness (QED) is 0.799. The molecule has 0 amide bonds. The van der Waals surface area contributed by atoms with Crippen molar-refractivity contribution in [3.8, 4) is 0 Å². The smallest absolute Gasteiger partial charge is 0.0462 e. The first-order valence-electron chi connectivity index (χ1n) is 9.72. The molecule has 21 heavy (non-hydrogen) atoms. The number of rotatable bonds is 5. The van der Waals surface area contributed by atoms with Gasteiger partial charge in [0.05, 0.1) is 0 Å². The second-order valence-corrected chi connectivity index (χ2v) is 7.99. The highest BCUT2D eigenvalue weighted by molar-refractivity contribution is 4.88. The Kier molecular flexibility index (Phi) is 5.99. The molecule has 0 spiro atoms. The Morgan fingerprint density at radius 2 is 1.43 bits per heavy atom. The second kappa shape index (κ2) is 7.97. The van der Waals surface area contributed by atoms with Crippen molar-refractivity contribution in [2.75, 3.05) is 13.2 Å². The molecule has 2 nitrogen and oxygen atoms in total. The predicted octanol–water partition coefficient (Wildman–Crippen LogP) is 4.12. The van der Waals surface area contributed by atoms with Crippen LogP contribution >= 0.6 is 0 Å². The zero-order chi connectivity index (χ0) is 14.5. The molecule has 0 saturated heterocycles. The normalized spacial score (nSPS) is 38.7. The molecule has 3 fully saturated rings. The Morgan fingerprint density at radius 3 is 2.24 bits per heavy atom. The van der Waals surface area contributed by atoms with Gasteiger partial charge in [-0.1, -0.05) is 51.4 Å². The minimum Gasteiger partial charge on any atom is -0.396 e. The van der Waals surface area contributed by atoms with Crippen LogP contribution in [0.1, 0.15) is 77.0 Å². The molecule has 3 aliphatic carbocycles. The topological polar surface area (TPSA) is 32.3 Å². The molecule has 3 aliphatic rings. The van der Waals surface area contributed by atoms with E-state index in [-0.39, 0.29) is 0 Å². The molecule has 0 aliphatic heterocycles. The van der Waals surface area contributed by atoms with E-state index >= 15 is 0 Å². The van der Waals surface area contributed by atoms with Crippen molar-refractivity contribution < 1.29 is 5.11 Å². The standard InChI is InChI=1S/C19H35NO/c21-14-17-10-6-9-16(17)13-20-19-12-5-4-11-18(19)15-7-2-1-3-8-15/h15-21H,1-14H2. The van der Waals surface area contributed by atoms with Crippen molar-refractivity contribution in [3.63, 3.8) is 0 Å². The molecule has 4 unspecified atom stereocenters. The van der Waals surface area contributed by atoms with Crippen molar-refractivity contribution in [3.05, 3.63) is 0 Å². The van der Waals surface area contributed by atoms with Crippen LogP contribution in [0.15, 0.2) is 0 Å². The van der Waals surface area contributed by atoms with E-state index < -0.39 is 0 Å². The van der Waals surface area contributed by atoms with E-state index in [1.54, 1.807) is 0 Å². The average Bonchev–Trinajstić information content (AvgIpc) is 3.01. The number of hydrogen-bond donors (Lipinski definition) is 2. The number of aliphatic hydroxyl groups is 1. The lowest BCUT2D eigenvalue weighted by Gasteiger charge is -2.40.